The number of nitrogens with zero attached hydrogens (tertiary/aromatic N) is 1. The highest BCUT2D eigenvalue weighted by Crippen LogP contribution is 2.21. The van der Waals surface area contributed by atoms with E-state index in [9.17, 15) is 9.59 Å². The van der Waals surface area contributed by atoms with E-state index in [1.165, 1.54) is 6.07 Å². The summed E-state index contributed by atoms with van der Waals surface area (Å²) in [7, 11) is 3.89. The van der Waals surface area contributed by atoms with Gasteiger partial charge in [0.05, 0.1) is 0 Å². The first kappa shape index (κ1) is 15.8. The molecule has 0 saturated heterocycles. The molecule has 1 aromatic heterocycles. The Morgan fingerprint density at radius 1 is 1.04 bits per heavy atom. The Labute approximate surface area is 139 Å². The van der Waals surface area contributed by atoms with E-state index in [0.29, 0.717) is 16.8 Å². The number of carbonyl (C=O) groups excluding carboxylic acids is 1. The third-order valence-electron chi connectivity index (χ3n) is 3.86. The van der Waals surface area contributed by atoms with Crippen LogP contribution in [0.15, 0.2) is 57.7 Å². The van der Waals surface area contributed by atoms with Crippen LogP contribution in [-0.4, -0.2) is 20.0 Å². The van der Waals surface area contributed by atoms with Gasteiger partial charge >= 0.3 is 5.63 Å². The van der Waals surface area contributed by atoms with Crippen LogP contribution in [-0.2, 0) is 0 Å². The van der Waals surface area contributed by atoms with Crippen LogP contribution in [0.5, 0.6) is 0 Å². The maximum Gasteiger partial charge on any atom is 0.336 e. The predicted molar refractivity (Wildman–Crippen MR) is 95.9 cm³/mol. The van der Waals surface area contributed by atoms with Crippen molar-refractivity contribution in [1.82, 2.24) is 0 Å². The van der Waals surface area contributed by atoms with Crippen LogP contribution in [0.2, 0.25) is 0 Å². The normalized spacial score (nSPS) is 10.6. The minimum atomic E-state index is -0.400. The van der Waals surface area contributed by atoms with E-state index in [-0.39, 0.29) is 5.91 Å². The Bertz CT molecular complexity index is 957. The van der Waals surface area contributed by atoms with Crippen molar-refractivity contribution in [3.05, 3.63) is 70.1 Å². The van der Waals surface area contributed by atoms with Crippen molar-refractivity contribution in [3.63, 3.8) is 0 Å². The third-order valence-corrected chi connectivity index (χ3v) is 3.86. The first-order chi connectivity index (χ1) is 11.4. The van der Waals surface area contributed by atoms with Gasteiger partial charge in [-0.05, 0) is 48.9 Å². The summed E-state index contributed by atoms with van der Waals surface area (Å²) in [6, 6.07) is 14.1. The summed E-state index contributed by atoms with van der Waals surface area (Å²) in [5.74, 6) is -0.213. The first-order valence-electron chi connectivity index (χ1n) is 7.57. The Kier molecular flexibility index (Phi) is 4.08. The zero-order valence-electron chi connectivity index (χ0n) is 13.8. The summed E-state index contributed by atoms with van der Waals surface area (Å²) < 4.78 is 5.20. The van der Waals surface area contributed by atoms with E-state index in [0.717, 1.165) is 16.6 Å². The quantitative estimate of drug-likeness (QED) is 0.751. The molecule has 0 radical (unpaired) electrons. The Morgan fingerprint density at radius 2 is 1.75 bits per heavy atom. The molecule has 2 aromatic carbocycles. The highest BCUT2D eigenvalue weighted by Gasteiger charge is 2.09. The zero-order chi connectivity index (χ0) is 17.3. The van der Waals surface area contributed by atoms with Gasteiger partial charge in [0.2, 0.25) is 0 Å². The lowest BCUT2D eigenvalue weighted by Gasteiger charge is -2.12. The van der Waals surface area contributed by atoms with Crippen LogP contribution in [0.4, 0.5) is 11.4 Å². The fraction of sp³-hybridized carbons (Fsp3) is 0.158. The van der Waals surface area contributed by atoms with Gasteiger partial charge in [-0.1, -0.05) is 0 Å². The van der Waals surface area contributed by atoms with Crippen molar-refractivity contribution in [2.45, 2.75) is 6.92 Å². The van der Waals surface area contributed by atoms with Crippen LogP contribution >= 0.6 is 0 Å². The third kappa shape index (κ3) is 3.15. The lowest BCUT2D eigenvalue weighted by Crippen LogP contribution is -2.13. The molecular weight excluding hydrogens is 304 g/mol. The minimum absolute atomic E-state index is 0.213. The van der Waals surface area contributed by atoms with Crippen LogP contribution in [0.3, 0.4) is 0 Å². The minimum Gasteiger partial charge on any atom is -0.423 e. The molecule has 5 heteroatoms. The number of hydrogen-bond donors (Lipinski definition) is 1. The van der Waals surface area contributed by atoms with Crippen molar-refractivity contribution >= 4 is 28.3 Å². The summed E-state index contributed by atoms with van der Waals surface area (Å²) in [5.41, 5.74) is 3.07. The summed E-state index contributed by atoms with van der Waals surface area (Å²) in [6.07, 6.45) is 0. The second kappa shape index (κ2) is 6.20. The van der Waals surface area contributed by atoms with Crippen molar-refractivity contribution in [2.75, 3.05) is 24.3 Å². The number of nitrogens with one attached hydrogen (secondary N) is 1. The maximum absolute atomic E-state index is 12.3. The number of benzene rings is 2. The van der Waals surface area contributed by atoms with Crippen LogP contribution in [0.1, 0.15) is 15.9 Å². The fourth-order valence-electron chi connectivity index (χ4n) is 2.52. The smallest absolute Gasteiger partial charge is 0.336 e. The van der Waals surface area contributed by atoms with Gasteiger partial charge in [0.25, 0.3) is 5.91 Å². The zero-order valence-corrected chi connectivity index (χ0v) is 13.8. The van der Waals surface area contributed by atoms with Crippen LogP contribution in [0.25, 0.3) is 11.0 Å². The Morgan fingerprint density at radius 3 is 2.42 bits per heavy atom. The molecule has 1 N–H and O–H groups in total. The molecule has 24 heavy (non-hydrogen) atoms. The van der Waals surface area contributed by atoms with E-state index in [4.69, 9.17) is 4.42 Å². The molecule has 122 valence electrons. The lowest BCUT2D eigenvalue weighted by molar-refractivity contribution is 0.102. The number of hydrogen-bond acceptors (Lipinski definition) is 4. The number of carbonyl (C=O) groups is 1. The van der Waals surface area contributed by atoms with E-state index >= 15 is 0 Å². The molecule has 3 rings (SSSR count). The van der Waals surface area contributed by atoms with E-state index < -0.39 is 5.63 Å². The van der Waals surface area contributed by atoms with E-state index in [2.05, 4.69) is 5.32 Å². The molecule has 1 amide bonds. The Hall–Kier alpha value is -3.08. The molecule has 0 atom stereocenters. The second-order valence-corrected chi connectivity index (χ2v) is 5.85. The Balaban J connectivity index is 1.86. The van der Waals surface area contributed by atoms with Gasteiger partial charge in [0.15, 0.2) is 0 Å². The molecule has 0 aliphatic heterocycles. The number of anilines is 2. The van der Waals surface area contributed by atoms with Crippen molar-refractivity contribution in [2.24, 2.45) is 0 Å². The second-order valence-electron chi connectivity index (χ2n) is 5.85. The average molecular weight is 322 g/mol. The molecule has 5 nitrogen and oxygen atoms in total. The molecule has 0 fully saturated rings. The topological polar surface area (TPSA) is 62.6 Å². The fourth-order valence-corrected chi connectivity index (χ4v) is 2.52. The molecule has 0 bridgehead atoms. The van der Waals surface area contributed by atoms with Gasteiger partial charge in [-0.25, -0.2) is 4.79 Å². The van der Waals surface area contributed by atoms with Crippen LogP contribution < -0.4 is 15.8 Å². The van der Waals surface area contributed by atoms with Gasteiger partial charge < -0.3 is 14.6 Å². The lowest BCUT2D eigenvalue weighted by atomic mass is 10.1. The molecular formula is C19H18N2O3. The van der Waals surface area contributed by atoms with Gasteiger partial charge in [-0.2, -0.15) is 0 Å². The standard InChI is InChI=1S/C19H18N2O3/c1-12-10-18(22)24-17-11-14(6-9-16(12)17)20-19(23)13-4-7-15(8-5-13)21(2)3/h4-11H,1-3H3,(H,20,23). The van der Waals surface area contributed by atoms with Gasteiger partial charge in [-0.3, -0.25) is 4.79 Å². The summed E-state index contributed by atoms with van der Waals surface area (Å²) in [6.45, 7) is 1.85. The van der Waals surface area contributed by atoms with Crippen molar-refractivity contribution < 1.29 is 9.21 Å². The maximum atomic E-state index is 12.3. The van der Waals surface area contributed by atoms with Crippen molar-refractivity contribution in [1.29, 1.82) is 0 Å². The largest absolute Gasteiger partial charge is 0.423 e. The molecule has 0 saturated carbocycles. The number of amides is 1. The predicted octanol–water partition coefficient (Wildman–Crippen LogP) is 3.42. The first-order valence-corrected chi connectivity index (χ1v) is 7.57. The number of fused-ring (bicyclic) bond motifs is 1. The highest BCUT2D eigenvalue weighted by atomic mass is 16.4. The summed E-state index contributed by atoms with van der Waals surface area (Å²) >= 11 is 0. The molecule has 1 heterocycles. The highest BCUT2D eigenvalue weighted by molar-refractivity contribution is 6.05. The van der Waals surface area contributed by atoms with Gasteiger partial charge in [0, 0.05) is 48.6 Å². The summed E-state index contributed by atoms with van der Waals surface area (Å²) in [4.78, 5) is 25.8. The molecule has 0 spiro atoms. The average Bonchev–Trinajstić information content (AvgIpc) is 2.54. The monoisotopic (exact) mass is 322 g/mol. The SMILES string of the molecule is Cc1cc(=O)oc2cc(NC(=O)c3ccc(N(C)C)cc3)ccc12. The van der Waals surface area contributed by atoms with Gasteiger partial charge in [-0.15, -0.1) is 0 Å². The van der Waals surface area contributed by atoms with E-state index in [1.54, 1.807) is 24.3 Å². The number of aryl methyl sites for hydroxylation is 1. The molecule has 0 aliphatic rings. The molecule has 0 unspecified atom stereocenters. The van der Waals surface area contributed by atoms with E-state index in [1.807, 2.05) is 44.1 Å². The summed E-state index contributed by atoms with van der Waals surface area (Å²) in [5, 5.41) is 3.67. The molecule has 0 aliphatic carbocycles. The van der Waals surface area contributed by atoms with Crippen molar-refractivity contribution in [3.8, 4) is 0 Å². The molecule has 3 aromatic rings. The van der Waals surface area contributed by atoms with Gasteiger partial charge in [0.1, 0.15) is 5.58 Å². The van der Waals surface area contributed by atoms with Crippen LogP contribution in [0, 0.1) is 6.92 Å². The number of rotatable bonds is 3.